The summed E-state index contributed by atoms with van der Waals surface area (Å²) in [7, 11) is -1.94. The summed E-state index contributed by atoms with van der Waals surface area (Å²) < 4.78 is 6.65. The Hall–Kier alpha value is -0.913. The van der Waals surface area contributed by atoms with E-state index in [1.807, 2.05) is 12.2 Å². The number of Topliss-reactive ketones (excluding diaryl/α,β-unsaturated/α-hetero) is 1. The van der Waals surface area contributed by atoms with Crippen molar-refractivity contribution in [3.8, 4) is 0 Å². The highest BCUT2D eigenvalue weighted by molar-refractivity contribution is 6.70. The van der Waals surface area contributed by atoms with Gasteiger partial charge in [-0.1, -0.05) is 64.1 Å². The third kappa shape index (κ3) is 10.5. The molecule has 0 amide bonds. The van der Waals surface area contributed by atoms with Gasteiger partial charge in [-0.25, -0.2) is 0 Å². The van der Waals surface area contributed by atoms with Crippen LogP contribution < -0.4 is 0 Å². The van der Waals surface area contributed by atoms with Gasteiger partial charge in [-0.3, -0.25) is 9.59 Å². The molecule has 1 N–H and O–H groups in total. The molecule has 2 unspecified atom stereocenters. The summed E-state index contributed by atoms with van der Waals surface area (Å²) >= 11 is 6.34. The van der Waals surface area contributed by atoms with Gasteiger partial charge in [-0.05, 0) is 69.7 Å². The van der Waals surface area contributed by atoms with Gasteiger partial charge in [-0.2, -0.15) is 0 Å². The second kappa shape index (κ2) is 13.0. The van der Waals surface area contributed by atoms with E-state index in [0.29, 0.717) is 17.9 Å². The standard InChI is InChI=1S/C25H43ClO4Si/c1-19(2)12-11-13-20(3)16-17-25(30-31(4,5)6)18-22(26)24(29)21(25)14-9-7-8-10-15-23(27)28/h14,18-20H,7-13,15-17H2,1-6H3,(H,27,28). The zero-order valence-electron chi connectivity index (χ0n) is 20.4. The number of rotatable bonds is 15. The number of carbonyl (C=O) groups excluding carboxylic acids is 1. The first-order valence-corrected chi connectivity index (χ1v) is 15.7. The van der Waals surface area contributed by atoms with Crippen LogP contribution in [-0.2, 0) is 14.0 Å². The highest BCUT2D eigenvalue weighted by Gasteiger charge is 2.46. The molecular weight excluding hydrogens is 428 g/mol. The molecule has 1 rings (SSSR count). The molecular formula is C25H43ClO4Si. The predicted octanol–water partition coefficient (Wildman–Crippen LogP) is 7.49. The number of halogens is 1. The normalized spacial score (nSPS) is 21.7. The molecule has 0 saturated heterocycles. The van der Waals surface area contributed by atoms with Gasteiger partial charge in [0.15, 0.2) is 8.32 Å². The van der Waals surface area contributed by atoms with E-state index in [1.54, 1.807) is 0 Å². The van der Waals surface area contributed by atoms with Crippen molar-refractivity contribution in [2.75, 3.05) is 0 Å². The predicted molar refractivity (Wildman–Crippen MR) is 132 cm³/mol. The van der Waals surface area contributed by atoms with E-state index >= 15 is 0 Å². The van der Waals surface area contributed by atoms with Crippen LogP contribution in [0.15, 0.2) is 22.8 Å². The summed E-state index contributed by atoms with van der Waals surface area (Å²) in [5, 5.41) is 9.04. The van der Waals surface area contributed by atoms with Crippen LogP contribution in [0.4, 0.5) is 0 Å². The van der Waals surface area contributed by atoms with Crippen LogP contribution in [0.5, 0.6) is 0 Å². The van der Waals surface area contributed by atoms with Crippen LogP contribution in [-0.4, -0.2) is 30.8 Å². The average molecular weight is 471 g/mol. The molecule has 0 aromatic rings. The fraction of sp³-hybridized carbons (Fsp3) is 0.760. The number of hydrogen-bond donors (Lipinski definition) is 1. The van der Waals surface area contributed by atoms with Crippen LogP contribution in [0, 0.1) is 11.8 Å². The van der Waals surface area contributed by atoms with Gasteiger partial charge >= 0.3 is 5.97 Å². The fourth-order valence-electron chi connectivity index (χ4n) is 4.15. The van der Waals surface area contributed by atoms with E-state index in [2.05, 4.69) is 40.4 Å². The molecule has 0 aromatic heterocycles. The van der Waals surface area contributed by atoms with Crippen molar-refractivity contribution in [3.05, 3.63) is 22.8 Å². The highest BCUT2D eigenvalue weighted by atomic mass is 35.5. The molecule has 0 bridgehead atoms. The smallest absolute Gasteiger partial charge is 0.303 e. The van der Waals surface area contributed by atoms with Crippen molar-refractivity contribution in [1.29, 1.82) is 0 Å². The lowest BCUT2D eigenvalue weighted by Gasteiger charge is -2.36. The first-order valence-electron chi connectivity index (χ1n) is 11.9. The Balaban J connectivity index is 2.89. The zero-order chi connectivity index (χ0) is 23.7. The Morgan fingerprint density at radius 1 is 1.13 bits per heavy atom. The summed E-state index contributed by atoms with van der Waals surface area (Å²) in [6, 6.07) is 0. The van der Waals surface area contributed by atoms with E-state index in [9.17, 15) is 9.59 Å². The van der Waals surface area contributed by atoms with E-state index in [4.69, 9.17) is 21.1 Å². The summed E-state index contributed by atoms with van der Waals surface area (Å²) in [6.07, 6.45) is 12.6. The lowest BCUT2D eigenvalue weighted by molar-refractivity contribution is -0.137. The maximum absolute atomic E-state index is 12.9. The molecule has 0 aromatic carbocycles. The van der Waals surface area contributed by atoms with Crippen molar-refractivity contribution in [3.63, 3.8) is 0 Å². The van der Waals surface area contributed by atoms with Crippen molar-refractivity contribution in [1.82, 2.24) is 0 Å². The molecule has 6 heteroatoms. The van der Waals surface area contributed by atoms with Gasteiger partial charge in [0.05, 0.1) is 5.03 Å². The van der Waals surface area contributed by atoms with E-state index in [0.717, 1.165) is 38.0 Å². The van der Waals surface area contributed by atoms with Crippen LogP contribution in [0.25, 0.3) is 0 Å². The minimum atomic E-state index is -1.94. The van der Waals surface area contributed by atoms with Gasteiger partial charge in [0.2, 0.25) is 5.78 Å². The van der Waals surface area contributed by atoms with Crippen molar-refractivity contribution in [2.24, 2.45) is 11.8 Å². The average Bonchev–Trinajstić information content (AvgIpc) is 2.85. The highest BCUT2D eigenvalue weighted by Crippen LogP contribution is 2.42. The van der Waals surface area contributed by atoms with Gasteiger partial charge in [-0.15, -0.1) is 0 Å². The molecule has 4 nitrogen and oxygen atoms in total. The number of ketones is 1. The summed E-state index contributed by atoms with van der Waals surface area (Å²) in [4.78, 5) is 23.6. The number of carboxylic acid groups (broad SMARTS) is 1. The summed E-state index contributed by atoms with van der Waals surface area (Å²) in [5.41, 5.74) is -0.0287. The Kier molecular flexibility index (Phi) is 11.8. The third-order valence-corrected chi connectivity index (χ3v) is 6.95. The van der Waals surface area contributed by atoms with Gasteiger partial charge < -0.3 is 9.53 Å². The lowest BCUT2D eigenvalue weighted by Crippen LogP contribution is -2.42. The molecule has 2 atom stereocenters. The molecule has 1 aliphatic rings. The maximum atomic E-state index is 12.9. The van der Waals surface area contributed by atoms with E-state index in [1.165, 1.54) is 19.3 Å². The van der Waals surface area contributed by atoms with Gasteiger partial charge in [0.25, 0.3) is 0 Å². The number of unbranched alkanes of at least 4 members (excludes halogenated alkanes) is 3. The zero-order valence-corrected chi connectivity index (χ0v) is 22.2. The number of carboxylic acids is 1. The van der Waals surface area contributed by atoms with Crippen molar-refractivity contribution >= 4 is 31.7 Å². The second-order valence-corrected chi connectivity index (χ2v) is 15.3. The molecule has 1 aliphatic carbocycles. The molecule has 31 heavy (non-hydrogen) atoms. The molecule has 0 spiro atoms. The fourth-order valence-corrected chi connectivity index (χ4v) is 5.79. The van der Waals surface area contributed by atoms with Crippen LogP contribution >= 0.6 is 11.6 Å². The van der Waals surface area contributed by atoms with Crippen LogP contribution in [0.1, 0.15) is 85.0 Å². The van der Waals surface area contributed by atoms with Gasteiger partial charge in [0.1, 0.15) is 5.60 Å². The Bertz CT molecular complexity index is 663. The first-order chi connectivity index (χ1) is 14.4. The minimum Gasteiger partial charge on any atom is -0.481 e. The molecule has 0 aliphatic heterocycles. The molecule has 0 saturated carbocycles. The number of allylic oxidation sites excluding steroid dienone is 2. The Morgan fingerprint density at radius 3 is 2.39 bits per heavy atom. The molecule has 0 radical (unpaired) electrons. The Labute approximate surface area is 195 Å². The van der Waals surface area contributed by atoms with Crippen LogP contribution in [0.2, 0.25) is 19.6 Å². The Morgan fingerprint density at radius 2 is 1.81 bits per heavy atom. The van der Waals surface area contributed by atoms with Crippen LogP contribution in [0.3, 0.4) is 0 Å². The molecule has 0 fully saturated rings. The van der Waals surface area contributed by atoms with Gasteiger partial charge in [0, 0.05) is 12.0 Å². The lowest BCUT2D eigenvalue weighted by atomic mass is 9.86. The molecule has 0 heterocycles. The summed E-state index contributed by atoms with van der Waals surface area (Å²) in [6.45, 7) is 13.3. The number of hydrogen-bond acceptors (Lipinski definition) is 3. The van der Waals surface area contributed by atoms with E-state index < -0.39 is 19.9 Å². The molecule has 178 valence electrons. The number of carbonyl (C=O) groups is 2. The number of aliphatic carboxylic acids is 1. The topological polar surface area (TPSA) is 63.6 Å². The second-order valence-electron chi connectivity index (χ2n) is 10.5. The maximum Gasteiger partial charge on any atom is 0.303 e. The van der Waals surface area contributed by atoms with Crippen molar-refractivity contribution in [2.45, 2.75) is 110 Å². The minimum absolute atomic E-state index is 0.113. The first kappa shape index (κ1) is 28.1. The third-order valence-electron chi connectivity index (χ3n) is 5.70. The monoisotopic (exact) mass is 470 g/mol. The largest absolute Gasteiger partial charge is 0.481 e. The SMILES string of the molecule is CC(C)CCCC(C)CCC1(O[Si](C)(C)C)C=C(Cl)C(=O)C1=CCCCCCC(=O)O. The quantitative estimate of drug-likeness (QED) is 0.153. The summed E-state index contributed by atoms with van der Waals surface area (Å²) in [5.74, 6) is 0.428. The van der Waals surface area contributed by atoms with Crippen molar-refractivity contribution < 1.29 is 19.1 Å². The van der Waals surface area contributed by atoms with E-state index in [-0.39, 0.29) is 17.2 Å².